The molecular formula is C32H39Cl2N3O5S2. The zero-order chi connectivity index (χ0) is 32.3. The molecule has 3 aromatic rings. The van der Waals surface area contributed by atoms with Crippen LogP contribution in [-0.2, 0) is 26.2 Å². The highest BCUT2D eigenvalue weighted by molar-refractivity contribution is 7.98. The highest BCUT2D eigenvalue weighted by atomic mass is 35.5. The molecule has 2 amide bonds. The predicted molar refractivity (Wildman–Crippen MR) is 179 cm³/mol. The van der Waals surface area contributed by atoms with Crippen LogP contribution in [0.15, 0.2) is 76.5 Å². The molecule has 0 radical (unpaired) electrons. The Morgan fingerprint density at radius 1 is 0.955 bits per heavy atom. The SMILES string of the molecule is CCCCNC(=O)C(CC)N(Cc1c(Cl)cccc1Cl)C(=O)CN(c1ccccc1OCC)S(=O)(=O)c1ccc(SC)cc1. The summed E-state index contributed by atoms with van der Waals surface area (Å²) in [5.74, 6) is -0.638. The van der Waals surface area contributed by atoms with Gasteiger partial charge in [-0.25, -0.2) is 8.42 Å². The normalized spacial score (nSPS) is 12.0. The number of amides is 2. The molecule has 0 fully saturated rings. The third-order valence-electron chi connectivity index (χ3n) is 6.97. The minimum atomic E-state index is -4.26. The zero-order valence-electron chi connectivity index (χ0n) is 25.4. The molecule has 1 N–H and O–H groups in total. The second-order valence-electron chi connectivity index (χ2n) is 9.88. The summed E-state index contributed by atoms with van der Waals surface area (Å²) < 4.78 is 35.3. The number of benzene rings is 3. The first kappa shape index (κ1) is 35.6. The van der Waals surface area contributed by atoms with E-state index in [0.29, 0.717) is 27.9 Å². The van der Waals surface area contributed by atoms with Crippen LogP contribution in [0.5, 0.6) is 5.75 Å². The van der Waals surface area contributed by atoms with Crippen molar-refractivity contribution in [2.45, 2.75) is 62.4 Å². The molecule has 0 aliphatic carbocycles. The molecule has 0 aromatic heterocycles. The molecule has 0 spiro atoms. The van der Waals surface area contributed by atoms with Gasteiger partial charge in [-0.15, -0.1) is 11.8 Å². The van der Waals surface area contributed by atoms with Gasteiger partial charge in [0.1, 0.15) is 18.3 Å². The van der Waals surface area contributed by atoms with Crippen LogP contribution >= 0.6 is 35.0 Å². The molecule has 3 aromatic carbocycles. The molecule has 1 unspecified atom stereocenters. The molecule has 1 atom stereocenters. The summed E-state index contributed by atoms with van der Waals surface area (Å²) in [6, 6.07) is 17.2. The summed E-state index contributed by atoms with van der Waals surface area (Å²) in [6.45, 7) is 5.65. The number of sulfonamides is 1. The Labute approximate surface area is 275 Å². The second kappa shape index (κ2) is 17.0. The maximum atomic E-state index is 14.3. The van der Waals surface area contributed by atoms with Crippen molar-refractivity contribution in [1.29, 1.82) is 0 Å². The van der Waals surface area contributed by atoms with Gasteiger partial charge in [0, 0.05) is 33.6 Å². The maximum Gasteiger partial charge on any atom is 0.264 e. The Hall–Kier alpha value is -2.92. The summed E-state index contributed by atoms with van der Waals surface area (Å²) in [7, 11) is -4.26. The van der Waals surface area contributed by atoms with Gasteiger partial charge in [-0.2, -0.15) is 0 Å². The first-order valence-electron chi connectivity index (χ1n) is 14.5. The smallest absolute Gasteiger partial charge is 0.264 e. The van der Waals surface area contributed by atoms with Gasteiger partial charge in [-0.1, -0.05) is 61.7 Å². The van der Waals surface area contributed by atoms with Crippen LogP contribution in [0.2, 0.25) is 10.0 Å². The van der Waals surface area contributed by atoms with E-state index < -0.39 is 28.5 Å². The maximum absolute atomic E-state index is 14.3. The van der Waals surface area contributed by atoms with Crippen molar-refractivity contribution in [3.05, 3.63) is 82.3 Å². The lowest BCUT2D eigenvalue weighted by atomic mass is 10.1. The number of anilines is 1. The third kappa shape index (κ3) is 8.84. The number of para-hydroxylation sites is 2. The molecule has 0 heterocycles. The average molecular weight is 681 g/mol. The Morgan fingerprint density at radius 3 is 2.20 bits per heavy atom. The Kier molecular flexibility index (Phi) is 13.7. The van der Waals surface area contributed by atoms with Crippen molar-refractivity contribution in [3.63, 3.8) is 0 Å². The van der Waals surface area contributed by atoms with Gasteiger partial charge in [-0.3, -0.25) is 13.9 Å². The van der Waals surface area contributed by atoms with Gasteiger partial charge in [0.25, 0.3) is 10.0 Å². The van der Waals surface area contributed by atoms with E-state index in [1.807, 2.05) is 13.2 Å². The monoisotopic (exact) mass is 679 g/mol. The second-order valence-corrected chi connectivity index (χ2v) is 13.4. The highest BCUT2D eigenvalue weighted by Crippen LogP contribution is 2.34. The first-order valence-corrected chi connectivity index (χ1v) is 17.9. The van der Waals surface area contributed by atoms with E-state index in [1.165, 1.54) is 28.8 Å². The number of halogens is 2. The van der Waals surface area contributed by atoms with Crippen LogP contribution in [0.25, 0.3) is 0 Å². The molecule has 44 heavy (non-hydrogen) atoms. The van der Waals surface area contributed by atoms with Gasteiger partial charge in [0.2, 0.25) is 11.8 Å². The lowest BCUT2D eigenvalue weighted by Crippen LogP contribution is -2.52. The van der Waals surface area contributed by atoms with Crippen molar-refractivity contribution < 1.29 is 22.7 Å². The number of carbonyl (C=O) groups excluding carboxylic acids is 2. The number of nitrogens with zero attached hydrogens (tertiary/aromatic N) is 2. The number of hydrogen-bond acceptors (Lipinski definition) is 6. The number of thioether (sulfide) groups is 1. The summed E-state index contributed by atoms with van der Waals surface area (Å²) in [5, 5.41) is 3.57. The summed E-state index contributed by atoms with van der Waals surface area (Å²) in [5.41, 5.74) is 0.661. The molecule has 0 aliphatic rings. The van der Waals surface area contributed by atoms with Crippen molar-refractivity contribution in [1.82, 2.24) is 10.2 Å². The molecule has 0 saturated carbocycles. The lowest BCUT2D eigenvalue weighted by Gasteiger charge is -2.34. The minimum absolute atomic E-state index is 0.0134. The van der Waals surface area contributed by atoms with Crippen molar-refractivity contribution in [3.8, 4) is 5.75 Å². The van der Waals surface area contributed by atoms with Gasteiger partial charge >= 0.3 is 0 Å². The largest absolute Gasteiger partial charge is 0.492 e. The summed E-state index contributed by atoms with van der Waals surface area (Å²) in [6.07, 6.45) is 3.85. The molecule has 0 bridgehead atoms. The Bertz CT molecular complexity index is 1500. The number of nitrogens with one attached hydrogen (secondary N) is 1. The molecule has 238 valence electrons. The van der Waals surface area contributed by atoms with Crippen LogP contribution < -0.4 is 14.4 Å². The molecule has 8 nitrogen and oxygen atoms in total. The number of carbonyl (C=O) groups is 2. The minimum Gasteiger partial charge on any atom is -0.492 e. The Balaban J connectivity index is 2.13. The average Bonchev–Trinajstić information content (AvgIpc) is 3.01. The van der Waals surface area contributed by atoms with Crippen molar-refractivity contribution >= 4 is 62.5 Å². The fourth-order valence-electron chi connectivity index (χ4n) is 4.61. The van der Waals surface area contributed by atoms with Gasteiger partial charge in [0.15, 0.2) is 0 Å². The molecule has 12 heteroatoms. The van der Waals surface area contributed by atoms with E-state index in [-0.39, 0.29) is 36.1 Å². The first-order chi connectivity index (χ1) is 21.1. The highest BCUT2D eigenvalue weighted by Gasteiger charge is 2.35. The fourth-order valence-corrected chi connectivity index (χ4v) is 6.96. The number of rotatable bonds is 16. The van der Waals surface area contributed by atoms with Gasteiger partial charge in [-0.05, 0) is 74.6 Å². The summed E-state index contributed by atoms with van der Waals surface area (Å²) in [4.78, 5) is 30.0. The fraction of sp³-hybridized carbons (Fsp3) is 0.375. The number of ether oxygens (including phenoxy) is 1. The van der Waals surface area contributed by atoms with Crippen LogP contribution in [-0.4, -0.2) is 57.1 Å². The topological polar surface area (TPSA) is 96.0 Å². The molecular weight excluding hydrogens is 641 g/mol. The Morgan fingerprint density at radius 2 is 1.61 bits per heavy atom. The van der Waals surface area contributed by atoms with Crippen LogP contribution in [0.3, 0.4) is 0 Å². The predicted octanol–water partition coefficient (Wildman–Crippen LogP) is 7.03. The van der Waals surface area contributed by atoms with Crippen molar-refractivity contribution in [2.24, 2.45) is 0 Å². The zero-order valence-corrected chi connectivity index (χ0v) is 28.5. The quantitative estimate of drug-likeness (QED) is 0.129. The van der Waals surface area contributed by atoms with E-state index in [9.17, 15) is 18.0 Å². The van der Waals surface area contributed by atoms with E-state index in [4.69, 9.17) is 27.9 Å². The van der Waals surface area contributed by atoms with Crippen molar-refractivity contribution in [2.75, 3.05) is 30.3 Å². The number of unbranched alkanes of at least 4 members (excludes halogenated alkanes) is 1. The van der Waals surface area contributed by atoms with E-state index in [2.05, 4.69) is 5.32 Å². The summed E-state index contributed by atoms with van der Waals surface area (Å²) >= 11 is 14.5. The number of hydrogen-bond donors (Lipinski definition) is 1. The van der Waals surface area contributed by atoms with Gasteiger partial charge < -0.3 is 15.0 Å². The van der Waals surface area contributed by atoms with Gasteiger partial charge in [0.05, 0.1) is 17.2 Å². The standard InChI is InChI=1S/C32H39Cl2N3O5S2/c1-5-8-20-35-32(39)28(6-2)36(21-25-26(33)12-11-13-27(25)34)31(38)22-37(29-14-9-10-15-30(29)42-7-3)44(40,41)24-18-16-23(43-4)17-19-24/h9-19,28H,5-8,20-22H2,1-4H3,(H,35,39). The van der Waals surface area contributed by atoms with Crippen LogP contribution in [0.4, 0.5) is 5.69 Å². The van der Waals surface area contributed by atoms with Crippen LogP contribution in [0, 0.1) is 0 Å². The van der Waals surface area contributed by atoms with E-state index in [0.717, 1.165) is 22.0 Å². The van der Waals surface area contributed by atoms with Crippen LogP contribution in [0.1, 0.15) is 45.6 Å². The third-order valence-corrected chi connectivity index (χ3v) is 10.2. The van der Waals surface area contributed by atoms with E-state index in [1.54, 1.807) is 68.4 Å². The van der Waals surface area contributed by atoms with E-state index >= 15 is 0 Å². The molecule has 0 saturated heterocycles. The molecule has 3 rings (SSSR count). The molecule has 0 aliphatic heterocycles. The lowest BCUT2D eigenvalue weighted by molar-refractivity contribution is -0.140.